The van der Waals surface area contributed by atoms with Gasteiger partial charge in [-0.1, -0.05) is 36.4 Å². The Balaban J connectivity index is 1.49. The summed E-state index contributed by atoms with van der Waals surface area (Å²) >= 11 is 0. The molecule has 0 unspecified atom stereocenters. The Bertz CT molecular complexity index is 879. The smallest absolute Gasteiger partial charge is 0.265 e. The van der Waals surface area contributed by atoms with E-state index in [9.17, 15) is 4.79 Å². The Morgan fingerprint density at radius 3 is 2.48 bits per heavy atom. The van der Waals surface area contributed by atoms with E-state index in [0.717, 1.165) is 43.6 Å². The highest BCUT2D eigenvalue weighted by molar-refractivity contribution is 6.01. The van der Waals surface area contributed by atoms with Gasteiger partial charge in [-0.25, -0.2) is 0 Å². The van der Waals surface area contributed by atoms with Gasteiger partial charge in [-0.2, -0.15) is 0 Å². The molecule has 5 heteroatoms. The summed E-state index contributed by atoms with van der Waals surface area (Å²) in [7, 11) is 0. The third kappa shape index (κ3) is 3.23. The molecule has 0 atom stereocenters. The summed E-state index contributed by atoms with van der Waals surface area (Å²) in [4.78, 5) is 19.4. The lowest BCUT2D eigenvalue weighted by molar-refractivity contribution is 0.0996. The van der Waals surface area contributed by atoms with E-state index in [1.165, 1.54) is 11.3 Å². The third-order valence-electron chi connectivity index (χ3n) is 4.87. The molecular formula is C20H22N4O. The van der Waals surface area contributed by atoms with Gasteiger partial charge in [-0.15, -0.1) is 0 Å². The van der Waals surface area contributed by atoms with E-state index in [1.54, 1.807) is 0 Å². The molecule has 3 aromatic rings. The molecule has 1 aliphatic rings. The standard InChI is InChI=1S/C20H22N4O/c21-20(25)18-13-16-17(22-18)7-4-8-19(16)24-11-9-23(10-12-24)14-15-5-2-1-3-6-15/h1-8,13,22H,9-12,14H2,(H2,21,25). The lowest BCUT2D eigenvalue weighted by Crippen LogP contribution is -2.46. The molecule has 5 nitrogen and oxygen atoms in total. The summed E-state index contributed by atoms with van der Waals surface area (Å²) in [5.41, 5.74) is 9.35. The van der Waals surface area contributed by atoms with E-state index < -0.39 is 5.91 Å². The number of hydrogen-bond donors (Lipinski definition) is 2. The molecular weight excluding hydrogens is 312 g/mol. The van der Waals surface area contributed by atoms with Crippen LogP contribution >= 0.6 is 0 Å². The number of hydrogen-bond acceptors (Lipinski definition) is 3. The zero-order valence-electron chi connectivity index (χ0n) is 14.1. The van der Waals surface area contributed by atoms with E-state index >= 15 is 0 Å². The monoisotopic (exact) mass is 334 g/mol. The van der Waals surface area contributed by atoms with Crippen molar-refractivity contribution in [3.8, 4) is 0 Å². The van der Waals surface area contributed by atoms with Crippen molar-refractivity contribution in [1.29, 1.82) is 0 Å². The van der Waals surface area contributed by atoms with E-state index in [4.69, 9.17) is 5.73 Å². The largest absolute Gasteiger partial charge is 0.368 e. The van der Waals surface area contributed by atoms with Crippen LogP contribution < -0.4 is 10.6 Å². The first-order chi connectivity index (χ1) is 12.2. The molecule has 0 bridgehead atoms. The molecule has 0 saturated carbocycles. The number of nitrogens with zero attached hydrogens (tertiary/aromatic N) is 2. The average molecular weight is 334 g/mol. The number of carbonyl (C=O) groups excluding carboxylic acids is 1. The molecule has 1 fully saturated rings. The average Bonchev–Trinajstić information content (AvgIpc) is 3.08. The van der Waals surface area contributed by atoms with Gasteiger partial charge in [0.1, 0.15) is 5.69 Å². The zero-order valence-corrected chi connectivity index (χ0v) is 14.1. The molecule has 3 N–H and O–H groups in total. The Morgan fingerprint density at radius 1 is 1.00 bits per heavy atom. The molecule has 25 heavy (non-hydrogen) atoms. The number of nitrogens with two attached hydrogens (primary N) is 1. The van der Waals surface area contributed by atoms with Gasteiger partial charge < -0.3 is 15.6 Å². The van der Waals surface area contributed by atoms with Crippen molar-refractivity contribution >= 4 is 22.5 Å². The van der Waals surface area contributed by atoms with Crippen LogP contribution in [0, 0.1) is 0 Å². The quantitative estimate of drug-likeness (QED) is 0.771. The summed E-state index contributed by atoms with van der Waals surface area (Å²) < 4.78 is 0. The van der Waals surface area contributed by atoms with Gasteiger partial charge >= 0.3 is 0 Å². The number of piperazine rings is 1. The minimum atomic E-state index is -0.421. The van der Waals surface area contributed by atoms with Gasteiger partial charge in [0.2, 0.25) is 0 Å². The van der Waals surface area contributed by atoms with E-state index in [-0.39, 0.29) is 0 Å². The fourth-order valence-electron chi connectivity index (χ4n) is 3.54. The molecule has 4 rings (SSSR count). The van der Waals surface area contributed by atoms with Crippen LogP contribution in [0.4, 0.5) is 5.69 Å². The van der Waals surface area contributed by atoms with Crippen LogP contribution in [0.1, 0.15) is 16.1 Å². The lowest BCUT2D eigenvalue weighted by Gasteiger charge is -2.36. The van der Waals surface area contributed by atoms with Crippen molar-refractivity contribution in [1.82, 2.24) is 9.88 Å². The molecule has 2 aromatic carbocycles. The maximum absolute atomic E-state index is 11.4. The summed E-state index contributed by atoms with van der Waals surface area (Å²) in [6, 6.07) is 18.6. The van der Waals surface area contributed by atoms with Crippen molar-refractivity contribution in [3.05, 3.63) is 65.9 Å². The van der Waals surface area contributed by atoms with Gasteiger partial charge in [0.15, 0.2) is 0 Å². The Labute approximate surface area is 147 Å². The third-order valence-corrected chi connectivity index (χ3v) is 4.87. The second-order valence-electron chi connectivity index (χ2n) is 6.53. The SMILES string of the molecule is NC(=O)c1cc2c(N3CCN(Cc4ccccc4)CC3)cccc2[nH]1. The number of nitrogens with one attached hydrogen (secondary N) is 1. The maximum Gasteiger partial charge on any atom is 0.265 e. The van der Waals surface area contributed by atoms with Gasteiger partial charge in [0.25, 0.3) is 5.91 Å². The molecule has 128 valence electrons. The highest BCUT2D eigenvalue weighted by Gasteiger charge is 2.19. The predicted octanol–water partition coefficient (Wildman–Crippen LogP) is 2.59. The fourth-order valence-corrected chi connectivity index (χ4v) is 3.54. The second kappa shape index (κ2) is 6.61. The van der Waals surface area contributed by atoms with Gasteiger partial charge in [-0.3, -0.25) is 9.69 Å². The maximum atomic E-state index is 11.4. The number of carbonyl (C=O) groups is 1. The van der Waals surface area contributed by atoms with Gasteiger partial charge in [0, 0.05) is 49.3 Å². The van der Waals surface area contributed by atoms with Crippen molar-refractivity contribution in [3.63, 3.8) is 0 Å². The minimum Gasteiger partial charge on any atom is -0.368 e. The summed E-state index contributed by atoms with van der Waals surface area (Å²) in [6.07, 6.45) is 0. The highest BCUT2D eigenvalue weighted by Crippen LogP contribution is 2.28. The Morgan fingerprint density at radius 2 is 1.76 bits per heavy atom. The number of amides is 1. The van der Waals surface area contributed by atoms with Crippen molar-refractivity contribution in [2.45, 2.75) is 6.54 Å². The number of aromatic amines is 1. The highest BCUT2D eigenvalue weighted by atomic mass is 16.1. The number of aromatic nitrogens is 1. The lowest BCUT2D eigenvalue weighted by atomic mass is 10.1. The number of H-pyrrole nitrogens is 1. The zero-order chi connectivity index (χ0) is 17.2. The summed E-state index contributed by atoms with van der Waals surface area (Å²) in [5.74, 6) is -0.421. The molecule has 1 saturated heterocycles. The summed E-state index contributed by atoms with van der Waals surface area (Å²) in [6.45, 7) is 5.00. The number of fused-ring (bicyclic) bond motifs is 1. The van der Waals surface area contributed by atoms with Crippen LogP contribution in [0.25, 0.3) is 10.9 Å². The van der Waals surface area contributed by atoms with Crippen LogP contribution in [0.3, 0.4) is 0 Å². The van der Waals surface area contributed by atoms with Crippen LogP contribution in [-0.2, 0) is 6.54 Å². The number of benzene rings is 2. The first-order valence-corrected chi connectivity index (χ1v) is 8.63. The molecule has 1 aromatic heterocycles. The normalized spacial score (nSPS) is 15.6. The molecule has 2 heterocycles. The van der Waals surface area contributed by atoms with Crippen molar-refractivity contribution in [2.75, 3.05) is 31.1 Å². The van der Waals surface area contributed by atoms with E-state index in [1.807, 2.05) is 18.2 Å². The van der Waals surface area contributed by atoms with Crippen LogP contribution in [0.15, 0.2) is 54.6 Å². The molecule has 0 radical (unpaired) electrons. The topological polar surface area (TPSA) is 65.4 Å². The van der Waals surface area contributed by atoms with Crippen molar-refractivity contribution in [2.24, 2.45) is 5.73 Å². The second-order valence-corrected chi connectivity index (χ2v) is 6.53. The number of anilines is 1. The first kappa shape index (κ1) is 15.7. The minimum absolute atomic E-state index is 0.421. The van der Waals surface area contributed by atoms with Crippen LogP contribution in [0.2, 0.25) is 0 Å². The number of rotatable bonds is 4. The number of primary amides is 1. The first-order valence-electron chi connectivity index (χ1n) is 8.63. The van der Waals surface area contributed by atoms with E-state index in [2.05, 4.69) is 51.2 Å². The molecule has 1 amide bonds. The van der Waals surface area contributed by atoms with Crippen LogP contribution in [0.5, 0.6) is 0 Å². The molecule has 0 aliphatic carbocycles. The van der Waals surface area contributed by atoms with E-state index in [0.29, 0.717) is 5.69 Å². The Kier molecular flexibility index (Phi) is 4.15. The predicted molar refractivity (Wildman–Crippen MR) is 101 cm³/mol. The van der Waals surface area contributed by atoms with Crippen LogP contribution in [-0.4, -0.2) is 42.0 Å². The van der Waals surface area contributed by atoms with Crippen molar-refractivity contribution < 1.29 is 4.79 Å². The molecule has 1 aliphatic heterocycles. The molecule has 0 spiro atoms. The Hall–Kier alpha value is -2.79. The summed E-state index contributed by atoms with van der Waals surface area (Å²) in [5, 5.41) is 1.06. The fraction of sp³-hybridized carbons (Fsp3) is 0.250. The van der Waals surface area contributed by atoms with Gasteiger partial charge in [0.05, 0.1) is 0 Å². The van der Waals surface area contributed by atoms with Gasteiger partial charge in [-0.05, 0) is 23.8 Å².